The molecule has 0 aromatic heterocycles. The summed E-state index contributed by atoms with van der Waals surface area (Å²) in [6.45, 7) is 19.7. The summed E-state index contributed by atoms with van der Waals surface area (Å²) in [5.74, 6) is -1.20. The van der Waals surface area contributed by atoms with Gasteiger partial charge < -0.3 is 9.68 Å². The lowest BCUT2D eigenvalue weighted by Gasteiger charge is -2.21. The van der Waals surface area contributed by atoms with Crippen LogP contribution in [0.4, 0.5) is 0 Å². The van der Waals surface area contributed by atoms with Crippen LogP contribution in [0.25, 0.3) is 0 Å². The van der Waals surface area contributed by atoms with E-state index in [0.717, 1.165) is 42.3 Å². The third-order valence-corrected chi connectivity index (χ3v) is 21.0. The number of carbonyl (C=O) groups excluding carboxylic acids is 2. The number of fused-ring (bicyclic) bond motifs is 2. The van der Waals surface area contributed by atoms with Gasteiger partial charge in [0.05, 0.1) is 32.3 Å². The second-order valence-electron chi connectivity index (χ2n) is 19.1. The lowest BCUT2D eigenvalue weighted by Crippen LogP contribution is -2.34. The maximum absolute atomic E-state index is 13.9. The summed E-state index contributed by atoms with van der Waals surface area (Å²) in [6.07, 6.45) is 8.98. The molecule has 4 aromatic rings. The smallest absolute Gasteiger partial charge is 0.313 e. The summed E-state index contributed by atoms with van der Waals surface area (Å²) in [4.78, 5) is 35.9. The zero-order chi connectivity index (χ0) is 48.6. The first-order valence-electron chi connectivity index (χ1n) is 22.7. The van der Waals surface area contributed by atoms with Crippen molar-refractivity contribution in [3.63, 3.8) is 0 Å². The van der Waals surface area contributed by atoms with Crippen LogP contribution in [-0.4, -0.2) is 49.7 Å². The molecule has 0 amide bonds. The maximum Gasteiger partial charge on any atom is 0.365 e. The number of oxime groups is 2. The van der Waals surface area contributed by atoms with Gasteiger partial charge in [-0.3, -0.25) is 0 Å². The van der Waals surface area contributed by atoms with Crippen LogP contribution in [0.1, 0.15) is 146 Å². The molecule has 4 aliphatic carbocycles. The molecule has 0 heterocycles. The van der Waals surface area contributed by atoms with E-state index in [0.29, 0.717) is 70.9 Å². The molecule has 4 atom stereocenters. The number of halogens is 2. The van der Waals surface area contributed by atoms with Gasteiger partial charge in [0, 0.05) is 8.95 Å². The van der Waals surface area contributed by atoms with Crippen molar-refractivity contribution >= 4 is 74.9 Å². The minimum absolute atomic E-state index is 0.362. The first-order valence-corrected chi connectivity index (χ1v) is 27.2. The molecule has 354 valence electrons. The fourth-order valence-corrected chi connectivity index (χ4v) is 17.1. The largest absolute Gasteiger partial charge is 0.365 e. The summed E-state index contributed by atoms with van der Waals surface area (Å²) in [6, 6.07) is 21.1. The Morgan fingerprint density at radius 1 is 0.561 bits per heavy atom. The molecule has 4 aromatic carbocycles. The van der Waals surface area contributed by atoms with Gasteiger partial charge in [-0.05, 0) is 162 Å². The van der Waals surface area contributed by atoms with Crippen LogP contribution in [0.2, 0.25) is 0 Å². The maximum atomic E-state index is 13.9. The van der Waals surface area contributed by atoms with Gasteiger partial charge in [0.1, 0.15) is 9.49 Å². The molecular formula is C52H62Br2N2O8S2. The lowest BCUT2D eigenvalue weighted by atomic mass is 10.1. The summed E-state index contributed by atoms with van der Waals surface area (Å²) in [5, 5.41) is 8.21. The number of hydrogen-bond acceptors (Lipinski definition) is 10. The van der Waals surface area contributed by atoms with Crippen LogP contribution < -0.4 is 0 Å². The number of unbranched alkanes of at least 4 members (excludes halogenated alkanes) is 3. The van der Waals surface area contributed by atoms with E-state index in [2.05, 4.69) is 56.0 Å². The molecule has 0 unspecified atom stereocenters. The Bertz CT molecular complexity index is 2590. The number of hydrogen-bond donors (Lipinski definition) is 0. The molecule has 0 bridgehead atoms. The van der Waals surface area contributed by atoms with E-state index in [1.165, 1.54) is 25.7 Å². The van der Waals surface area contributed by atoms with E-state index < -0.39 is 41.1 Å². The van der Waals surface area contributed by atoms with Gasteiger partial charge in [-0.2, -0.15) is 0 Å². The predicted molar refractivity (Wildman–Crippen MR) is 269 cm³/mol. The lowest BCUT2D eigenvalue weighted by molar-refractivity contribution is 0.0506. The van der Waals surface area contributed by atoms with Crippen molar-refractivity contribution in [3.8, 4) is 0 Å². The van der Waals surface area contributed by atoms with Crippen molar-refractivity contribution in [2.45, 2.75) is 153 Å². The van der Waals surface area contributed by atoms with Crippen molar-refractivity contribution < 1.29 is 36.1 Å². The van der Waals surface area contributed by atoms with E-state index in [-0.39, 0.29) is 10.8 Å². The monoisotopic (exact) mass is 1060 g/mol. The van der Waals surface area contributed by atoms with Gasteiger partial charge in [0.25, 0.3) is 0 Å². The average Bonchev–Trinajstić information content (AvgIpc) is 4.00. The molecule has 8 rings (SSSR count). The molecule has 10 nitrogen and oxygen atoms in total. The highest BCUT2D eigenvalue weighted by atomic mass is 79.9. The Morgan fingerprint density at radius 3 is 1.14 bits per heavy atom. The minimum Gasteiger partial charge on any atom is -0.313 e. The fraction of sp³-hybridized carbons (Fsp3) is 0.462. The third kappa shape index (κ3) is 9.41. The second-order valence-corrected chi connectivity index (χ2v) is 25.2. The summed E-state index contributed by atoms with van der Waals surface area (Å²) in [5.41, 5.74) is 5.92. The van der Waals surface area contributed by atoms with Gasteiger partial charge >= 0.3 is 11.9 Å². The number of aryl methyl sites for hydroxylation is 6. The van der Waals surface area contributed by atoms with Crippen molar-refractivity contribution in [3.05, 3.63) is 126 Å². The molecule has 0 spiro atoms. The molecule has 66 heavy (non-hydrogen) atoms. The predicted octanol–water partition coefficient (Wildman–Crippen LogP) is 13.2. The zero-order valence-electron chi connectivity index (χ0n) is 39.7. The molecule has 0 N–H and O–H groups in total. The number of rotatable bonds is 11. The number of carbonyl (C=O) groups is 2. The Kier molecular flexibility index (Phi) is 15.2. The highest BCUT2D eigenvalue weighted by Gasteiger charge is 2.79. The van der Waals surface area contributed by atoms with Gasteiger partial charge in [-0.15, -0.1) is 0 Å². The molecule has 4 saturated carbocycles. The third-order valence-electron chi connectivity index (χ3n) is 14.0. The first kappa shape index (κ1) is 51.4. The Hall–Kier alpha value is -3.98. The average molecular weight is 1070 g/mol. The molecule has 14 heteroatoms. The fourth-order valence-electron chi connectivity index (χ4n) is 10.6. The highest BCUT2D eigenvalue weighted by Crippen LogP contribution is 2.71. The number of nitrogens with zero attached hydrogens (tertiary/aromatic N) is 2. The summed E-state index contributed by atoms with van der Waals surface area (Å²) in [7, 11) is -7.39. The van der Waals surface area contributed by atoms with Crippen LogP contribution >= 0.6 is 31.9 Å². The van der Waals surface area contributed by atoms with Crippen molar-refractivity contribution in [2.75, 3.05) is 0 Å². The molecule has 0 saturated heterocycles. The number of benzene rings is 4. The van der Waals surface area contributed by atoms with Crippen LogP contribution in [0.3, 0.4) is 0 Å². The summed E-state index contributed by atoms with van der Waals surface area (Å²) >= 11 is 6.65. The Morgan fingerprint density at radius 2 is 0.864 bits per heavy atom. The molecule has 4 fully saturated rings. The van der Waals surface area contributed by atoms with Crippen molar-refractivity contribution in [2.24, 2.45) is 21.1 Å². The van der Waals surface area contributed by atoms with Crippen LogP contribution in [0.15, 0.2) is 102 Å². The molecule has 0 aliphatic heterocycles. The van der Waals surface area contributed by atoms with E-state index in [1.807, 2.05) is 79.7 Å². The topological polar surface area (TPSA) is 146 Å². The second kappa shape index (κ2) is 19.6. The molecule has 4 aliphatic rings. The van der Waals surface area contributed by atoms with E-state index in [9.17, 15) is 26.4 Å². The molecular weight excluding hydrogens is 1000 g/mol. The van der Waals surface area contributed by atoms with Gasteiger partial charge in [0.15, 0.2) is 19.7 Å². The van der Waals surface area contributed by atoms with Crippen molar-refractivity contribution in [1.29, 1.82) is 0 Å². The Balaban J connectivity index is 0.000000194. The van der Waals surface area contributed by atoms with Crippen LogP contribution in [0, 0.1) is 52.4 Å². The standard InChI is InChI=1S/2C23H24BrNO4S.C6H14/c2*1-14-11-15(2)20(16(3)12-14)30(27,28)23-13-22(23,4)10-9-19(23)25-29-21(26)17-5-7-18(24)8-6-17;1-3-5-6-4-2/h2*5-8,11-12H,9-10,13H2,1-4H3;3-6H2,1-2H3/b2*25-19+;/t2*22-,23+;/m11./s1. The normalized spacial score (nSPS) is 24.9. The van der Waals surface area contributed by atoms with E-state index >= 15 is 0 Å². The van der Waals surface area contributed by atoms with E-state index in [4.69, 9.17) is 9.68 Å². The molecule has 0 radical (unpaired) electrons. The van der Waals surface area contributed by atoms with Crippen LogP contribution in [-0.2, 0) is 29.3 Å². The quantitative estimate of drug-likeness (QED) is 0.0820. The van der Waals surface area contributed by atoms with Crippen molar-refractivity contribution in [1.82, 2.24) is 0 Å². The number of sulfone groups is 2. The first-order chi connectivity index (χ1) is 30.9. The Labute approximate surface area is 408 Å². The highest BCUT2D eigenvalue weighted by molar-refractivity contribution is 9.10. The van der Waals surface area contributed by atoms with E-state index in [1.54, 1.807) is 48.5 Å². The SMILES string of the molecule is CCCCCC.Cc1cc(C)c(S(=O)(=O)[C@]23C[C@@]2(C)CC/C3=N\OC(=O)c2ccc(Br)cc2)c(C)c1.Cc1cc(C)c(S(=O)(=O)[C@]23C[C@@]2(C)CC/C3=N\OC(=O)c2ccc(Br)cc2)c(C)c1. The van der Waals surface area contributed by atoms with Gasteiger partial charge in [0.2, 0.25) is 0 Å². The van der Waals surface area contributed by atoms with Gasteiger partial charge in [-0.25, -0.2) is 26.4 Å². The van der Waals surface area contributed by atoms with Crippen LogP contribution in [0.5, 0.6) is 0 Å². The summed E-state index contributed by atoms with van der Waals surface area (Å²) < 4.78 is 55.1. The minimum atomic E-state index is -3.70. The van der Waals surface area contributed by atoms with Gasteiger partial charge in [-0.1, -0.05) is 131 Å². The zero-order valence-corrected chi connectivity index (χ0v) is 44.5.